The Morgan fingerprint density at radius 1 is 1.21 bits per heavy atom. The van der Waals surface area contributed by atoms with Gasteiger partial charge in [-0.1, -0.05) is 6.07 Å². The van der Waals surface area contributed by atoms with Gasteiger partial charge in [-0.3, -0.25) is 4.72 Å². The summed E-state index contributed by atoms with van der Waals surface area (Å²) >= 11 is 0. The number of hydrogen-bond donors (Lipinski definition) is 4. The number of nitrogens with one attached hydrogen (secondary N) is 3. The van der Waals surface area contributed by atoms with Gasteiger partial charge in [-0.25, -0.2) is 22.0 Å². The van der Waals surface area contributed by atoms with Crippen molar-refractivity contribution in [2.75, 3.05) is 29.4 Å². The molecule has 11 heteroatoms. The Labute approximate surface area is 166 Å². The molecule has 2 aromatic carbocycles. The molecule has 0 fully saturated rings. The topological polar surface area (TPSA) is 117 Å². The summed E-state index contributed by atoms with van der Waals surface area (Å²) in [4.78, 5) is 12.0. The Hall–Kier alpha value is -2.92. The van der Waals surface area contributed by atoms with E-state index in [1.54, 1.807) is 0 Å². The highest BCUT2D eigenvalue weighted by molar-refractivity contribution is 7.92. The van der Waals surface area contributed by atoms with Crippen LogP contribution in [0.25, 0.3) is 0 Å². The van der Waals surface area contributed by atoms with Crippen molar-refractivity contribution in [3.8, 4) is 5.75 Å². The number of hydrogen-bond acceptors (Lipinski definition) is 5. The van der Waals surface area contributed by atoms with Crippen molar-refractivity contribution in [2.45, 2.75) is 13.0 Å². The second-order valence-corrected chi connectivity index (χ2v) is 7.95. The van der Waals surface area contributed by atoms with Gasteiger partial charge in [-0.2, -0.15) is 0 Å². The van der Waals surface area contributed by atoms with Crippen LogP contribution in [0, 0.1) is 11.6 Å². The van der Waals surface area contributed by atoms with Crippen molar-refractivity contribution in [2.24, 2.45) is 0 Å². The summed E-state index contributed by atoms with van der Waals surface area (Å²) in [6.45, 7) is 1.17. The molecule has 0 saturated carbocycles. The number of amides is 2. The number of benzene rings is 2. The molecule has 0 aliphatic carbocycles. The molecule has 0 aliphatic heterocycles. The third kappa shape index (κ3) is 6.29. The van der Waals surface area contributed by atoms with E-state index in [4.69, 9.17) is 4.74 Å². The molecule has 1 unspecified atom stereocenters. The van der Waals surface area contributed by atoms with Crippen molar-refractivity contribution in [1.29, 1.82) is 0 Å². The first-order valence-corrected chi connectivity index (χ1v) is 10.2. The molecule has 2 rings (SSSR count). The Kier molecular flexibility index (Phi) is 7.35. The molecule has 158 valence electrons. The summed E-state index contributed by atoms with van der Waals surface area (Å²) in [6, 6.07) is 6.31. The summed E-state index contributed by atoms with van der Waals surface area (Å²) in [5, 5.41) is 14.8. The fourth-order valence-corrected chi connectivity index (χ4v) is 2.99. The number of carbonyl (C=O) groups excluding carboxylic acids is 1. The number of methoxy groups -OCH3 is 1. The molecular weight excluding hydrogens is 408 g/mol. The van der Waals surface area contributed by atoms with Crippen LogP contribution in [0.15, 0.2) is 36.4 Å². The summed E-state index contributed by atoms with van der Waals surface area (Å²) in [5.41, 5.74) is 0.352. The van der Waals surface area contributed by atoms with Gasteiger partial charge >= 0.3 is 6.03 Å². The van der Waals surface area contributed by atoms with Gasteiger partial charge in [0.1, 0.15) is 17.4 Å². The molecule has 0 heterocycles. The maximum Gasteiger partial charge on any atom is 0.319 e. The number of carbonyl (C=O) groups is 1. The number of sulfonamides is 1. The van der Waals surface area contributed by atoms with Gasteiger partial charge in [0.15, 0.2) is 0 Å². The van der Waals surface area contributed by atoms with Crippen molar-refractivity contribution < 1.29 is 31.8 Å². The average molecular weight is 429 g/mol. The van der Waals surface area contributed by atoms with E-state index < -0.39 is 33.8 Å². The Bertz CT molecular complexity index is 985. The van der Waals surface area contributed by atoms with Gasteiger partial charge in [0, 0.05) is 29.9 Å². The Morgan fingerprint density at radius 2 is 1.93 bits per heavy atom. The maximum absolute atomic E-state index is 13.6. The minimum absolute atomic E-state index is 0.116. The van der Waals surface area contributed by atoms with E-state index in [9.17, 15) is 27.1 Å². The minimum Gasteiger partial charge on any atom is -0.494 e. The lowest BCUT2D eigenvalue weighted by Crippen LogP contribution is -2.32. The standard InChI is InChI=1S/C18H21F2N3O5S/c1-3-29(26,27)23-15-7-5-12(9-17(15)28-2)22-18(25)21-10-16(24)13-6-4-11(19)8-14(13)20/h4-9,16,23-24H,3,10H2,1-2H3,(H2,21,22,25). The van der Waals surface area contributed by atoms with Gasteiger partial charge in [-0.15, -0.1) is 0 Å². The molecule has 2 amide bonds. The number of aliphatic hydroxyl groups excluding tert-OH is 1. The zero-order valence-electron chi connectivity index (χ0n) is 15.7. The summed E-state index contributed by atoms with van der Waals surface area (Å²) in [5.74, 6) is -1.62. The first-order valence-electron chi connectivity index (χ1n) is 8.51. The zero-order chi connectivity index (χ0) is 21.6. The van der Waals surface area contributed by atoms with Gasteiger partial charge in [0.25, 0.3) is 0 Å². The first kappa shape index (κ1) is 22.4. The number of rotatable bonds is 8. The van der Waals surface area contributed by atoms with Crippen LogP contribution in [-0.2, 0) is 10.0 Å². The maximum atomic E-state index is 13.6. The number of urea groups is 1. The number of halogens is 2. The van der Waals surface area contributed by atoms with E-state index in [2.05, 4.69) is 15.4 Å². The van der Waals surface area contributed by atoms with E-state index in [0.717, 1.165) is 12.1 Å². The van der Waals surface area contributed by atoms with Gasteiger partial charge in [0.2, 0.25) is 10.0 Å². The van der Waals surface area contributed by atoms with Gasteiger partial charge in [0.05, 0.1) is 24.7 Å². The molecule has 8 nitrogen and oxygen atoms in total. The number of ether oxygens (including phenoxy) is 1. The van der Waals surface area contributed by atoms with E-state index >= 15 is 0 Å². The first-order chi connectivity index (χ1) is 13.6. The summed E-state index contributed by atoms with van der Waals surface area (Å²) in [7, 11) is -2.16. The molecule has 0 bridgehead atoms. The predicted molar refractivity (Wildman–Crippen MR) is 104 cm³/mol. The fraction of sp³-hybridized carbons (Fsp3) is 0.278. The third-order valence-corrected chi connectivity index (χ3v) is 5.17. The summed E-state index contributed by atoms with van der Waals surface area (Å²) < 4.78 is 57.4. The Balaban J connectivity index is 1.99. The smallest absolute Gasteiger partial charge is 0.319 e. The molecule has 0 aliphatic rings. The molecule has 1 atom stereocenters. The number of anilines is 2. The molecule has 2 aromatic rings. The second kappa shape index (κ2) is 9.52. The third-order valence-electron chi connectivity index (χ3n) is 3.88. The summed E-state index contributed by atoms with van der Waals surface area (Å²) in [6.07, 6.45) is -1.37. The van der Waals surface area contributed by atoms with E-state index in [-0.39, 0.29) is 29.3 Å². The fourth-order valence-electron chi connectivity index (χ4n) is 2.34. The SMILES string of the molecule is CCS(=O)(=O)Nc1ccc(NC(=O)NCC(O)c2ccc(F)cc2F)cc1OC. The van der Waals surface area contributed by atoms with Crippen molar-refractivity contribution in [1.82, 2.24) is 5.32 Å². The normalized spacial score (nSPS) is 12.2. The van der Waals surface area contributed by atoms with Crippen molar-refractivity contribution >= 4 is 27.4 Å². The highest BCUT2D eigenvalue weighted by Gasteiger charge is 2.16. The van der Waals surface area contributed by atoms with Crippen LogP contribution in [-0.4, -0.2) is 39.0 Å². The lowest BCUT2D eigenvalue weighted by atomic mass is 10.1. The van der Waals surface area contributed by atoms with Crippen LogP contribution in [0.4, 0.5) is 25.0 Å². The average Bonchev–Trinajstić information content (AvgIpc) is 2.67. The molecule has 0 saturated heterocycles. The van der Waals surface area contributed by atoms with E-state index in [1.807, 2.05) is 0 Å². The molecular formula is C18H21F2N3O5S. The van der Waals surface area contributed by atoms with E-state index in [0.29, 0.717) is 11.8 Å². The zero-order valence-corrected chi connectivity index (χ0v) is 16.5. The molecule has 0 spiro atoms. The van der Waals surface area contributed by atoms with Crippen LogP contribution in [0.2, 0.25) is 0 Å². The van der Waals surface area contributed by atoms with Gasteiger partial charge < -0.3 is 20.5 Å². The van der Waals surface area contributed by atoms with Crippen LogP contribution in [0.1, 0.15) is 18.6 Å². The van der Waals surface area contributed by atoms with E-state index in [1.165, 1.54) is 32.2 Å². The van der Waals surface area contributed by atoms with Gasteiger partial charge in [-0.05, 0) is 25.1 Å². The molecule has 4 N–H and O–H groups in total. The highest BCUT2D eigenvalue weighted by atomic mass is 32.2. The van der Waals surface area contributed by atoms with Crippen LogP contribution >= 0.6 is 0 Å². The lowest BCUT2D eigenvalue weighted by molar-refractivity contribution is 0.170. The quantitative estimate of drug-likeness (QED) is 0.515. The van der Waals surface area contributed by atoms with Crippen LogP contribution in [0.3, 0.4) is 0 Å². The second-order valence-electron chi connectivity index (χ2n) is 5.94. The Morgan fingerprint density at radius 3 is 2.55 bits per heavy atom. The van der Waals surface area contributed by atoms with Crippen LogP contribution in [0.5, 0.6) is 5.75 Å². The molecule has 0 radical (unpaired) electrons. The largest absolute Gasteiger partial charge is 0.494 e. The highest BCUT2D eigenvalue weighted by Crippen LogP contribution is 2.29. The lowest BCUT2D eigenvalue weighted by Gasteiger charge is -2.15. The minimum atomic E-state index is -3.50. The number of aliphatic hydroxyl groups is 1. The molecule has 0 aromatic heterocycles. The monoisotopic (exact) mass is 429 g/mol. The van der Waals surface area contributed by atoms with Crippen molar-refractivity contribution in [3.63, 3.8) is 0 Å². The van der Waals surface area contributed by atoms with Crippen molar-refractivity contribution in [3.05, 3.63) is 53.6 Å². The molecule has 29 heavy (non-hydrogen) atoms. The predicted octanol–water partition coefficient (Wildman–Crippen LogP) is 2.59. The van der Waals surface area contributed by atoms with Crippen LogP contribution < -0.4 is 20.1 Å².